The molecule has 1 aromatic carbocycles. The van der Waals surface area contributed by atoms with E-state index in [2.05, 4.69) is 45.9 Å². The third-order valence-corrected chi connectivity index (χ3v) is 3.88. The van der Waals surface area contributed by atoms with Crippen molar-refractivity contribution in [3.8, 4) is 0 Å². The number of aryl methyl sites for hydroxylation is 1. The van der Waals surface area contributed by atoms with E-state index in [0.29, 0.717) is 0 Å². The van der Waals surface area contributed by atoms with E-state index in [1.54, 1.807) is 5.56 Å². The summed E-state index contributed by atoms with van der Waals surface area (Å²) >= 11 is 0. The van der Waals surface area contributed by atoms with Gasteiger partial charge in [0, 0.05) is 0 Å². The van der Waals surface area contributed by atoms with E-state index in [9.17, 15) is 0 Å². The van der Waals surface area contributed by atoms with Crippen LogP contribution in [0.5, 0.6) is 0 Å². The summed E-state index contributed by atoms with van der Waals surface area (Å²) in [6.45, 7) is 9.10. The zero-order valence-electron chi connectivity index (χ0n) is 12.1. The quantitative estimate of drug-likeness (QED) is 0.524. The molecule has 1 atom stereocenters. The molecule has 0 heterocycles. The van der Waals surface area contributed by atoms with Crippen LogP contribution >= 0.6 is 0 Å². The molecule has 0 aliphatic heterocycles. The molecule has 17 heavy (non-hydrogen) atoms. The first-order valence-corrected chi connectivity index (χ1v) is 7.26. The standard InChI is InChI=1S/C17H28/c1-5-7-8-12-16(10-6-2)17-13-9-11-14(3)15(17)4/h9,11,13,16H,5-8,10,12H2,1-4H3. The first kappa shape index (κ1) is 14.3. The van der Waals surface area contributed by atoms with Gasteiger partial charge in [-0.3, -0.25) is 0 Å². The van der Waals surface area contributed by atoms with E-state index in [4.69, 9.17) is 0 Å². The Bertz CT molecular complexity index is 325. The Morgan fingerprint density at radius 3 is 2.35 bits per heavy atom. The van der Waals surface area contributed by atoms with Crippen LogP contribution in [0, 0.1) is 13.8 Å². The van der Waals surface area contributed by atoms with Gasteiger partial charge >= 0.3 is 0 Å². The topological polar surface area (TPSA) is 0 Å². The summed E-state index contributed by atoms with van der Waals surface area (Å²) in [6, 6.07) is 6.79. The molecule has 0 aliphatic rings. The minimum absolute atomic E-state index is 0.784. The average Bonchev–Trinajstić information content (AvgIpc) is 2.32. The summed E-state index contributed by atoms with van der Waals surface area (Å²) in [7, 11) is 0. The molecule has 0 bridgehead atoms. The zero-order chi connectivity index (χ0) is 12.7. The second-order valence-corrected chi connectivity index (χ2v) is 5.27. The van der Waals surface area contributed by atoms with Gasteiger partial charge in [-0.05, 0) is 49.3 Å². The maximum atomic E-state index is 2.34. The van der Waals surface area contributed by atoms with Gasteiger partial charge in [0.15, 0.2) is 0 Å². The lowest BCUT2D eigenvalue weighted by atomic mass is 9.85. The fraction of sp³-hybridized carbons (Fsp3) is 0.647. The minimum atomic E-state index is 0.784. The summed E-state index contributed by atoms with van der Waals surface area (Å²) in [6.07, 6.45) is 8.09. The first-order valence-electron chi connectivity index (χ1n) is 7.26. The van der Waals surface area contributed by atoms with Crippen molar-refractivity contribution in [3.05, 3.63) is 34.9 Å². The normalized spacial score (nSPS) is 12.7. The van der Waals surface area contributed by atoms with Gasteiger partial charge in [-0.25, -0.2) is 0 Å². The average molecular weight is 232 g/mol. The molecule has 0 N–H and O–H groups in total. The molecule has 0 saturated heterocycles. The number of unbranched alkanes of at least 4 members (excludes halogenated alkanes) is 2. The Labute approximate surface area is 107 Å². The molecule has 1 aromatic rings. The number of rotatable bonds is 7. The predicted octanol–water partition coefficient (Wildman–Crippen LogP) is 5.77. The Morgan fingerprint density at radius 2 is 1.71 bits per heavy atom. The van der Waals surface area contributed by atoms with Crippen molar-refractivity contribution >= 4 is 0 Å². The van der Waals surface area contributed by atoms with Gasteiger partial charge in [-0.15, -0.1) is 0 Å². The second kappa shape index (κ2) is 7.53. The summed E-state index contributed by atoms with van der Waals surface area (Å²) in [5, 5.41) is 0. The lowest BCUT2D eigenvalue weighted by Crippen LogP contribution is -2.02. The van der Waals surface area contributed by atoms with E-state index in [1.165, 1.54) is 49.7 Å². The summed E-state index contributed by atoms with van der Waals surface area (Å²) in [5.74, 6) is 0.784. The van der Waals surface area contributed by atoms with E-state index in [0.717, 1.165) is 5.92 Å². The highest BCUT2D eigenvalue weighted by Crippen LogP contribution is 2.30. The lowest BCUT2D eigenvalue weighted by Gasteiger charge is -2.20. The molecule has 0 fully saturated rings. The van der Waals surface area contributed by atoms with E-state index < -0.39 is 0 Å². The van der Waals surface area contributed by atoms with Crippen molar-refractivity contribution in [2.24, 2.45) is 0 Å². The van der Waals surface area contributed by atoms with Crippen LogP contribution in [0.1, 0.15) is 75.0 Å². The largest absolute Gasteiger partial charge is 0.0654 e. The minimum Gasteiger partial charge on any atom is -0.0654 e. The SMILES string of the molecule is CCCCCC(CCC)c1cccc(C)c1C. The summed E-state index contributed by atoms with van der Waals surface area (Å²) in [5.41, 5.74) is 4.56. The van der Waals surface area contributed by atoms with Gasteiger partial charge in [0.1, 0.15) is 0 Å². The van der Waals surface area contributed by atoms with E-state index in [1.807, 2.05) is 0 Å². The fourth-order valence-corrected chi connectivity index (χ4v) is 2.66. The van der Waals surface area contributed by atoms with Crippen LogP contribution in [0.2, 0.25) is 0 Å². The van der Waals surface area contributed by atoms with Crippen LogP contribution in [0.25, 0.3) is 0 Å². The number of hydrogen-bond acceptors (Lipinski definition) is 0. The molecule has 0 aliphatic carbocycles. The van der Waals surface area contributed by atoms with Gasteiger partial charge in [-0.2, -0.15) is 0 Å². The van der Waals surface area contributed by atoms with Crippen LogP contribution in [0.4, 0.5) is 0 Å². The molecule has 0 spiro atoms. The van der Waals surface area contributed by atoms with E-state index in [-0.39, 0.29) is 0 Å². The molecule has 0 amide bonds. The van der Waals surface area contributed by atoms with Crippen molar-refractivity contribution in [1.29, 1.82) is 0 Å². The second-order valence-electron chi connectivity index (χ2n) is 5.27. The molecule has 0 heteroatoms. The van der Waals surface area contributed by atoms with Crippen LogP contribution in [-0.4, -0.2) is 0 Å². The third-order valence-electron chi connectivity index (χ3n) is 3.88. The highest BCUT2D eigenvalue weighted by molar-refractivity contribution is 5.35. The van der Waals surface area contributed by atoms with Crippen LogP contribution in [-0.2, 0) is 0 Å². The van der Waals surface area contributed by atoms with E-state index >= 15 is 0 Å². The highest BCUT2D eigenvalue weighted by atomic mass is 14.2. The molecular weight excluding hydrogens is 204 g/mol. The summed E-state index contributed by atoms with van der Waals surface area (Å²) < 4.78 is 0. The number of benzene rings is 1. The smallest absolute Gasteiger partial charge is 0.0159 e. The first-order chi connectivity index (χ1) is 8.20. The Hall–Kier alpha value is -0.780. The highest BCUT2D eigenvalue weighted by Gasteiger charge is 2.13. The molecule has 0 nitrogen and oxygen atoms in total. The Morgan fingerprint density at radius 1 is 0.941 bits per heavy atom. The maximum Gasteiger partial charge on any atom is -0.0159 e. The van der Waals surface area contributed by atoms with Gasteiger partial charge in [0.25, 0.3) is 0 Å². The molecule has 1 rings (SSSR count). The third kappa shape index (κ3) is 4.18. The summed E-state index contributed by atoms with van der Waals surface area (Å²) in [4.78, 5) is 0. The van der Waals surface area contributed by atoms with Crippen LogP contribution in [0.15, 0.2) is 18.2 Å². The van der Waals surface area contributed by atoms with Crippen molar-refractivity contribution in [2.45, 2.75) is 72.1 Å². The maximum absolute atomic E-state index is 2.34. The van der Waals surface area contributed by atoms with Crippen molar-refractivity contribution in [2.75, 3.05) is 0 Å². The lowest BCUT2D eigenvalue weighted by molar-refractivity contribution is 0.527. The van der Waals surface area contributed by atoms with Gasteiger partial charge in [0.05, 0.1) is 0 Å². The molecule has 0 radical (unpaired) electrons. The number of hydrogen-bond donors (Lipinski definition) is 0. The zero-order valence-corrected chi connectivity index (χ0v) is 12.1. The predicted molar refractivity (Wildman–Crippen MR) is 77.7 cm³/mol. The van der Waals surface area contributed by atoms with Crippen molar-refractivity contribution < 1.29 is 0 Å². The molecular formula is C17H28. The van der Waals surface area contributed by atoms with Gasteiger partial charge in [0.2, 0.25) is 0 Å². The Kier molecular flexibility index (Phi) is 6.32. The van der Waals surface area contributed by atoms with Gasteiger partial charge in [-0.1, -0.05) is 57.7 Å². The van der Waals surface area contributed by atoms with Crippen molar-refractivity contribution in [3.63, 3.8) is 0 Å². The fourth-order valence-electron chi connectivity index (χ4n) is 2.66. The van der Waals surface area contributed by atoms with Crippen LogP contribution < -0.4 is 0 Å². The molecule has 1 unspecified atom stereocenters. The molecule has 96 valence electrons. The van der Waals surface area contributed by atoms with Crippen LogP contribution in [0.3, 0.4) is 0 Å². The monoisotopic (exact) mass is 232 g/mol. The van der Waals surface area contributed by atoms with Crippen molar-refractivity contribution in [1.82, 2.24) is 0 Å². The molecule has 0 aromatic heterocycles. The Balaban J connectivity index is 2.77. The molecule has 0 saturated carbocycles. The van der Waals surface area contributed by atoms with Gasteiger partial charge < -0.3 is 0 Å².